The van der Waals surface area contributed by atoms with E-state index in [0.29, 0.717) is 5.75 Å². The Bertz CT molecular complexity index is 577. The molecule has 0 aromatic heterocycles. The number of benzene rings is 1. The fourth-order valence-electron chi connectivity index (χ4n) is 2.59. The van der Waals surface area contributed by atoms with Crippen LogP contribution >= 0.6 is 0 Å². The molecule has 0 spiro atoms. The number of nitrogens with zero attached hydrogens (tertiary/aromatic N) is 1. The summed E-state index contributed by atoms with van der Waals surface area (Å²) in [6, 6.07) is 4.94. The van der Waals surface area contributed by atoms with Crippen LogP contribution in [0, 0.1) is 0 Å². The Hall–Kier alpha value is -1.27. The first-order valence-electron chi connectivity index (χ1n) is 7.40. The molecule has 0 aliphatic heterocycles. The molecule has 0 unspecified atom stereocenters. The van der Waals surface area contributed by atoms with E-state index in [9.17, 15) is 8.42 Å². The number of hydrogen-bond donors (Lipinski definition) is 1. The summed E-state index contributed by atoms with van der Waals surface area (Å²) in [5, 5.41) is 0. The molecule has 0 saturated heterocycles. The van der Waals surface area contributed by atoms with Crippen LogP contribution in [0.5, 0.6) is 5.75 Å². The highest BCUT2D eigenvalue weighted by molar-refractivity contribution is 7.89. The normalized spacial score (nSPS) is 17.7. The Morgan fingerprint density at radius 1 is 1.14 bits per heavy atom. The molecule has 2 N–H and O–H groups in total. The van der Waals surface area contributed by atoms with Crippen molar-refractivity contribution in [3.05, 3.63) is 18.2 Å². The lowest BCUT2D eigenvalue weighted by Gasteiger charge is -2.20. The Kier molecular flexibility index (Phi) is 5.11. The quantitative estimate of drug-likeness (QED) is 0.685. The summed E-state index contributed by atoms with van der Waals surface area (Å²) in [7, 11) is -0.562. The van der Waals surface area contributed by atoms with Gasteiger partial charge in [0, 0.05) is 14.1 Å². The van der Waals surface area contributed by atoms with Crippen LogP contribution in [0.25, 0.3) is 0 Å². The molecule has 1 fully saturated rings. The number of nitrogens with two attached hydrogens (primary N) is 1. The van der Waals surface area contributed by atoms with Crippen LogP contribution < -0.4 is 10.5 Å². The lowest BCUT2D eigenvalue weighted by atomic mass is 10.1. The molecule has 0 bridgehead atoms. The Morgan fingerprint density at radius 3 is 2.33 bits per heavy atom. The molecule has 1 saturated carbocycles. The van der Waals surface area contributed by atoms with Gasteiger partial charge in [0.25, 0.3) is 0 Å². The van der Waals surface area contributed by atoms with Gasteiger partial charge in [0.05, 0.1) is 11.8 Å². The predicted octanol–water partition coefficient (Wildman–Crippen LogP) is 2.62. The SMILES string of the molecule is CN(C)S(=O)(=O)c1cccc(OC2CCCCCC2)c1N. The van der Waals surface area contributed by atoms with Gasteiger partial charge in [-0.1, -0.05) is 18.9 Å². The van der Waals surface area contributed by atoms with Crippen molar-refractivity contribution < 1.29 is 13.2 Å². The van der Waals surface area contributed by atoms with Crippen LogP contribution in [0.3, 0.4) is 0 Å². The molecule has 0 atom stereocenters. The maximum Gasteiger partial charge on any atom is 0.244 e. The summed E-state index contributed by atoms with van der Waals surface area (Å²) >= 11 is 0. The third kappa shape index (κ3) is 3.68. The Balaban J connectivity index is 2.25. The Morgan fingerprint density at radius 2 is 1.76 bits per heavy atom. The average molecular weight is 312 g/mol. The van der Waals surface area contributed by atoms with Crippen LogP contribution in [0.2, 0.25) is 0 Å². The molecule has 5 nitrogen and oxygen atoms in total. The molecule has 0 amide bonds. The molecule has 1 aromatic carbocycles. The zero-order valence-corrected chi connectivity index (χ0v) is 13.5. The van der Waals surface area contributed by atoms with E-state index < -0.39 is 10.0 Å². The molecule has 21 heavy (non-hydrogen) atoms. The molecular weight excluding hydrogens is 288 g/mol. The summed E-state index contributed by atoms with van der Waals surface area (Å²) in [4.78, 5) is 0.110. The average Bonchev–Trinajstić information content (AvgIpc) is 2.69. The zero-order valence-electron chi connectivity index (χ0n) is 12.7. The van der Waals surface area contributed by atoms with Gasteiger partial charge in [-0.25, -0.2) is 12.7 Å². The van der Waals surface area contributed by atoms with E-state index in [2.05, 4.69) is 0 Å². The maximum atomic E-state index is 12.2. The number of hydrogen-bond acceptors (Lipinski definition) is 4. The van der Waals surface area contributed by atoms with Gasteiger partial charge in [-0.3, -0.25) is 0 Å². The molecule has 1 aromatic rings. The summed E-state index contributed by atoms with van der Waals surface area (Å²) in [6.45, 7) is 0. The van der Waals surface area contributed by atoms with Gasteiger partial charge in [0.2, 0.25) is 10.0 Å². The smallest absolute Gasteiger partial charge is 0.244 e. The second-order valence-corrected chi connectivity index (χ2v) is 7.81. The van der Waals surface area contributed by atoms with Gasteiger partial charge in [0.15, 0.2) is 0 Å². The van der Waals surface area contributed by atoms with Crippen LogP contribution in [0.4, 0.5) is 5.69 Å². The van der Waals surface area contributed by atoms with Gasteiger partial charge < -0.3 is 10.5 Å². The lowest BCUT2D eigenvalue weighted by Crippen LogP contribution is -2.24. The second kappa shape index (κ2) is 6.66. The molecule has 118 valence electrons. The number of ether oxygens (including phenoxy) is 1. The predicted molar refractivity (Wildman–Crippen MR) is 83.8 cm³/mol. The van der Waals surface area contributed by atoms with E-state index in [4.69, 9.17) is 10.5 Å². The molecule has 1 aliphatic carbocycles. The number of nitrogen functional groups attached to an aromatic ring is 1. The number of anilines is 1. The molecule has 1 aliphatic rings. The van der Waals surface area contributed by atoms with Crippen molar-refractivity contribution in [2.24, 2.45) is 0 Å². The van der Waals surface area contributed by atoms with Gasteiger partial charge >= 0.3 is 0 Å². The van der Waals surface area contributed by atoms with E-state index in [1.807, 2.05) is 0 Å². The number of sulfonamides is 1. The minimum atomic E-state index is -3.55. The monoisotopic (exact) mass is 312 g/mol. The highest BCUT2D eigenvalue weighted by atomic mass is 32.2. The topological polar surface area (TPSA) is 72.6 Å². The van der Waals surface area contributed by atoms with Crippen molar-refractivity contribution in [2.75, 3.05) is 19.8 Å². The third-order valence-corrected chi connectivity index (χ3v) is 5.75. The van der Waals surface area contributed by atoms with Crippen molar-refractivity contribution in [3.63, 3.8) is 0 Å². The summed E-state index contributed by atoms with van der Waals surface area (Å²) in [5.41, 5.74) is 6.24. The highest BCUT2D eigenvalue weighted by Crippen LogP contribution is 2.32. The van der Waals surface area contributed by atoms with E-state index >= 15 is 0 Å². The maximum absolute atomic E-state index is 12.2. The first-order chi connectivity index (χ1) is 9.93. The third-order valence-electron chi connectivity index (χ3n) is 3.88. The molecule has 0 heterocycles. The lowest BCUT2D eigenvalue weighted by molar-refractivity contribution is 0.184. The van der Waals surface area contributed by atoms with Crippen molar-refractivity contribution >= 4 is 15.7 Å². The van der Waals surface area contributed by atoms with E-state index in [1.165, 1.54) is 33.0 Å². The summed E-state index contributed by atoms with van der Waals surface area (Å²) < 4.78 is 31.6. The van der Waals surface area contributed by atoms with Crippen LogP contribution in [0.1, 0.15) is 38.5 Å². The van der Waals surface area contributed by atoms with E-state index in [1.54, 1.807) is 12.1 Å². The van der Waals surface area contributed by atoms with Gasteiger partial charge in [-0.2, -0.15) is 0 Å². The minimum Gasteiger partial charge on any atom is -0.488 e. The fourth-order valence-corrected chi connectivity index (χ4v) is 3.61. The molecule has 6 heteroatoms. The number of rotatable bonds is 4. The molecule has 2 rings (SSSR count). The van der Waals surface area contributed by atoms with Crippen molar-refractivity contribution in [3.8, 4) is 5.75 Å². The summed E-state index contributed by atoms with van der Waals surface area (Å²) in [5.74, 6) is 0.477. The largest absolute Gasteiger partial charge is 0.488 e. The first kappa shape index (κ1) is 16.1. The van der Waals surface area contributed by atoms with Crippen molar-refractivity contribution in [1.82, 2.24) is 4.31 Å². The standard InChI is InChI=1S/C15H24N2O3S/c1-17(2)21(18,19)14-11-7-10-13(15(14)16)20-12-8-5-3-4-6-9-12/h7,10-12H,3-6,8-9,16H2,1-2H3. The van der Waals surface area contributed by atoms with Gasteiger partial charge in [0.1, 0.15) is 10.6 Å². The number of para-hydroxylation sites is 1. The highest BCUT2D eigenvalue weighted by Gasteiger charge is 2.23. The van der Waals surface area contributed by atoms with Crippen LogP contribution in [-0.2, 0) is 10.0 Å². The zero-order chi connectivity index (χ0) is 15.5. The summed E-state index contributed by atoms with van der Waals surface area (Å²) in [6.07, 6.45) is 6.93. The fraction of sp³-hybridized carbons (Fsp3) is 0.600. The van der Waals surface area contributed by atoms with Crippen molar-refractivity contribution in [1.29, 1.82) is 0 Å². The van der Waals surface area contributed by atoms with Crippen LogP contribution in [0.15, 0.2) is 23.1 Å². The van der Waals surface area contributed by atoms with E-state index in [0.717, 1.165) is 30.0 Å². The molecule has 0 radical (unpaired) electrons. The van der Waals surface area contributed by atoms with Crippen LogP contribution in [-0.4, -0.2) is 32.9 Å². The van der Waals surface area contributed by atoms with Crippen molar-refractivity contribution in [2.45, 2.75) is 49.5 Å². The van der Waals surface area contributed by atoms with E-state index in [-0.39, 0.29) is 16.7 Å². The van der Waals surface area contributed by atoms with Gasteiger partial charge in [-0.15, -0.1) is 0 Å². The first-order valence-corrected chi connectivity index (χ1v) is 8.84. The second-order valence-electron chi connectivity index (χ2n) is 5.69. The minimum absolute atomic E-state index is 0.110. The Labute approximate surface area is 127 Å². The molecular formula is C15H24N2O3S. The van der Waals surface area contributed by atoms with Gasteiger partial charge in [-0.05, 0) is 37.8 Å².